The summed E-state index contributed by atoms with van der Waals surface area (Å²) >= 11 is 1.52. The second kappa shape index (κ2) is 10.8. The van der Waals surface area contributed by atoms with Gasteiger partial charge in [-0.25, -0.2) is 4.98 Å². The van der Waals surface area contributed by atoms with E-state index in [2.05, 4.69) is 4.98 Å². The molecule has 6 nitrogen and oxygen atoms in total. The van der Waals surface area contributed by atoms with Crippen LogP contribution < -0.4 is 0 Å². The number of aromatic nitrogens is 1. The van der Waals surface area contributed by atoms with Gasteiger partial charge in [-0.05, 0) is 6.92 Å². The molecule has 0 spiro atoms. The minimum Gasteiger partial charge on any atom is -0.469 e. The number of carbonyl (C=O) groups is 2. The molecule has 2 aromatic rings. The molecule has 0 aliphatic rings. The number of amides is 1. The van der Waals surface area contributed by atoms with Crippen LogP contribution in [-0.4, -0.2) is 55.2 Å². The Balaban J connectivity index is 2.03. The molecule has 1 aromatic heterocycles. The van der Waals surface area contributed by atoms with Crippen molar-refractivity contribution in [3.63, 3.8) is 0 Å². The smallest absolute Gasteiger partial charge is 0.310 e. The van der Waals surface area contributed by atoms with E-state index in [0.717, 1.165) is 16.3 Å². The number of hydrogen-bond acceptors (Lipinski definition) is 6. The molecule has 146 valence electrons. The molecule has 1 amide bonds. The molecule has 0 N–H and O–H groups in total. The Labute approximate surface area is 164 Å². The average molecular weight is 391 g/mol. The molecule has 2 rings (SSSR count). The average Bonchev–Trinajstić information content (AvgIpc) is 3.15. The van der Waals surface area contributed by atoms with Crippen LogP contribution in [0.4, 0.5) is 0 Å². The highest BCUT2D eigenvalue weighted by Gasteiger charge is 2.22. The van der Waals surface area contributed by atoms with Crippen LogP contribution in [0.15, 0.2) is 35.7 Å². The van der Waals surface area contributed by atoms with Gasteiger partial charge < -0.3 is 14.4 Å². The van der Waals surface area contributed by atoms with Crippen molar-refractivity contribution in [2.24, 2.45) is 5.92 Å². The molecule has 0 aliphatic carbocycles. The molecule has 0 fully saturated rings. The number of methoxy groups -OCH3 is 1. The first-order valence-electron chi connectivity index (χ1n) is 8.98. The predicted molar refractivity (Wildman–Crippen MR) is 106 cm³/mol. The van der Waals surface area contributed by atoms with Gasteiger partial charge in [0.05, 0.1) is 31.7 Å². The topological polar surface area (TPSA) is 68.7 Å². The molecule has 0 bridgehead atoms. The molecular weight excluding hydrogens is 364 g/mol. The van der Waals surface area contributed by atoms with Gasteiger partial charge in [0.15, 0.2) is 0 Å². The fourth-order valence-electron chi connectivity index (χ4n) is 2.61. The number of carbonyl (C=O) groups excluding carboxylic acids is 2. The predicted octanol–water partition coefficient (Wildman–Crippen LogP) is 3.03. The van der Waals surface area contributed by atoms with E-state index in [-0.39, 0.29) is 18.3 Å². The van der Waals surface area contributed by atoms with Crippen LogP contribution in [0.2, 0.25) is 0 Å². The standard InChI is InChI=1S/C20H26N2O4S/c1-4-26-11-10-22(13-15(2)20(24)25-3)18(23)12-17-14-27-19(21-17)16-8-6-5-7-9-16/h5-9,14-15H,4,10-13H2,1-3H3. The minimum atomic E-state index is -0.393. The molecule has 0 saturated carbocycles. The summed E-state index contributed by atoms with van der Waals surface area (Å²) in [5.41, 5.74) is 1.77. The van der Waals surface area contributed by atoms with E-state index in [9.17, 15) is 9.59 Å². The van der Waals surface area contributed by atoms with Crippen LogP contribution in [0.3, 0.4) is 0 Å². The number of esters is 1. The van der Waals surface area contributed by atoms with Gasteiger partial charge in [-0.3, -0.25) is 9.59 Å². The Kier molecular flexibility index (Phi) is 8.42. The Morgan fingerprint density at radius 1 is 1.26 bits per heavy atom. The van der Waals surface area contributed by atoms with Gasteiger partial charge in [-0.2, -0.15) is 0 Å². The van der Waals surface area contributed by atoms with E-state index in [1.165, 1.54) is 18.4 Å². The van der Waals surface area contributed by atoms with Crippen LogP contribution in [-0.2, 0) is 25.5 Å². The third kappa shape index (κ3) is 6.45. The maximum atomic E-state index is 12.8. The van der Waals surface area contributed by atoms with Crippen LogP contribution in [0.1, 0.15) is 19.5 Å². The number of thiazole rings is 1. The highest BCUT2D eigenvalue weighted by Crippen LogP contribution is 2.23. The van der Waals surface area contributed by atoms with Crippen molar-refractivity contribution in [3.8, 4) is 10.6 Å². The van der Waals surface area contributed by atoms with Gasteiger partial charge in [0.1, 0.15) is 5.01 Å². The maximum Gasteiger partial charge on any atom is 0.310 e. The van der Waals surface area contributed by atoms with Crippen LogP contribution in [0, 0.1) is 5.92 Å². The third-order valence-corrected chi connectivity index (χ3v) is 5.01. The Bertz CT molecular complexity index is 733. The second-order valence-electron chi connectivity index (χ2n) is 6.15. The molecular formula is C20H26N2O4S. The van der Waals surface area contributed by atoms with Crippen LogP contribution in [0.25, 0.3) is 10.6 Å². The molecule has 0 radical (unpaired) electrons. The van der Waals surface area contributed by atoms with Crippen molar-refractivity contribution in [2.75, 3.05) is 33.4 Å². The second-order valence-corrected chi connectivity index (χ2v) is 7.01. The summed E-state index contributed by atoms with van der Waals surface area (Å²) in [6, 6.07) is 9.88. The van der Waals surface area contributed by atoms with E-state index in [1.807, 2.05) is 42.6 Å². The largest absolute Gasteiger partial charge is 0.469 e. The van der Waals surface area contributed by atoms with E-state index >= 15 is 0 Å². The van der Waals surface area contributed by atoms with Gasteiger partial charge in [0, 0.05) is 30.6 Å². The molecule has 1 aromatic carbocycles. The van der Waals surface area contributed by atoms with Crippen molar-refractivity contribution in [1.82, 2.24) is 9.88 Å². The van der Waals surface area contributed by atoms with Crippen molar-refractivity contribution in [3.05, 3.63) is 41.4 Å². The van der Waals surface area contributed by atoms with Crippen molar-refractivity contribution < 1.29 is 19.1 Å². The summed E-state index contributed by atoms with van der Waals surface area (Å²) < 4.78 is 10.1. The first kappa shape index (κ1) is 21.1. The summed E-state index contributed by atoms with van der Waals surface area (Å²) in [5.74, 6) is -0.796. The monoisotopic (exact) mass is 390 g/mol. The van der Waals surface area contributed by atoms with E-state index < -0.39 is 5.92 Å². The van der Waals surface area contributed by atoms with Crippen LogP contribution in [0.5, 0.6) is 0 Å². The maximum absolute atomic E-state index is 12.8. The van der Waals surface area contributed by atoms with E-state index in [1.54, 1.807) is 11.8 Å². The highest BCUT2D eigenvalue weighted by molar-refractivity contribution is 7.13. The zero-order valence-corrected chi connectivity index (χ0v) is 16.8. The molecule has 0 aliphatic heterocycles. The fourth-order valence-corrected chi connectivity index (χ4v) is 3.44. The van der Waals surface area contributed by atoms with Gasteiger partial charge in [0.2, 0.25) is 5.91 Å². The fraction of sp³-hybridized carbons (Fsp3) is 0.450. The lowest BCUT2D eigenvalue weighted by Gasteiger charge is -2.24. The molecule has 1 heterocycles. The number of benzene rings is 1. The van der Waals surface area contributed by atoms with Gasteiger partial charge in [-0.15, -0.1) is 11.3 Å². The van der Waals surface area contributed by atoms with Crippen molar-refractivity contribution >= 4 is 23.2 Å². The highest BCUT2D eigenvalue weighted by atomic mass is 32.1. The zero-order chi connectivity index (χ0) is 19.6. The number of nitrogens with zero attached hydrogens (tertiary/aromatic N) is 2. The normalized spacial score (nSPS) is 11.8. The lowest BCUT2D eigenvalue weighted by molar-refractivity contribution is -0.146. The van der Waals surface area contributed by atoms with Gasteiger partial charge in [-0.1, -0.05) is 37.3 Å². The van der Waals surface area contributed by atoms with Crippen molar-refractivity contribution in [2.45, 2.75) is 20.3 Å². The van der Waals surface area contributed by atoms with Gasteiger partial charge in [0.25, 0.3) is 0 Å². The summed E-state index contributed by atoms with van der Waals surface area (Å²) in [5, 5.41) is 2.80. The van der Waals surface area contributed by atoms with Crippen molar-refractivity contribution in [1.29, 1.82) is 0 Å². The third-order valence-electron chi connectivity index (χ3n) is 4.07. The lowest BCUT2D eigenvalue weighted by Crippen LogP contribution is -2.40. The first-order valence-corrected chi connectivity index (χ1v) is 9.86. The SMILES string of the molecule is CCOCCN(CC(C)C(=O)OC)C(=O)Cc1csc(-c2ccccc2)n1. The molecule has 1 unspecified atom stereocenters. The Morgan fingerprint density at radius 3 is 2.67 bits per heavy atom. The molecule has 1 atom stereocenters. The molecule has 7 heteroatoms. The lowest BCUT2D eigenvalue weighted by atomic mass is 10.1. The van der Waals surface area contributed by atoms with E-state index in [4.69, 9.17) is 9.47 Å². The summed E-state index contributed by atoms with van der Waals surface area (Å²) in [6.45, 7) is 5.41. The number of ether oxygens (including phenoxy) is 2. The number of hydrogen-bond donors (Lipinski definition) is 0. The summed E-state index contributed by atoms with van der Waals surface area (Å²) in [4.78, 5) is 30.7. The summed E-state index contributed by atoms with van der Waals surface area (Å²) in [7, 11) is 1.35. The Hall–Kier alpha value is -2.25. The number of rotatable bonds is 10. The van der Waals surface area contributed by atoms with Gasteiger partial charge >= 0.3 is 5.97 Å². The minimum absolute atomic E-state index is 0.0737. The Morgan fingerprint density at radius 2 is 2.00 bits per heavy atom. The van der Waals surface area contributed by atoms with E-state index in [0.29, 0.717) is 26.3 Å². The quantitative estimate of drug-likeness (QED) is 0.461. The molecule has 0 saturated heterocycles. The zero-order valence-electron chi connectivity index (χ0n) is 16.0. The molecule has 27 heavy (non-hydrogen) atoms. The summed E-state index contributed by atoms with van der Waals surface area (Å²) in [6.07, 6.45) is 0.198. The van der Waals surface area contributed by atoms with Crippen LogP contribution >= 0.6 is 11.3 Å². The first-order chi connectivity index (χ1) is 13.0.